The first-order valence-corrected chi connectivity index (χ1v) is 13.3. The van der Waals surface area contributed by atoms with Crippen LogP contribution in [0.3, 0.4) is 0 Å². The molecule has 0 amide bonds. The number of benzene rings is 2. The van der Waals surface area contributed by atoms with Gasteiger partial charge in [0.25, 0.3) is 0 Å². The van der Waals surface area contributed by atoms with Gasteiger partial charge in [0, 0.05) is 36.5 Å². The second-order valence-electron chi connectivity index (χ2n) is 11.0. The van der Waals surface area contributed by atoms with Gasteiger partial charge in [0.15, 0.2) is 0 Å². The first-order valence-electron chi connectivity index (χ1n) is 13.3. The van der Waals surface area contributed by atoms with E-state index in [1.165, 1.54) is 33.4 Å². The topological polar surface area (TPSA) is 38.2 Å². The summed E-state index contributed by atoms with van der Waals surface area (Å²) in [5.41, 5.74) is 10.1. The summed E-state index contributed by atoms with van der Waals surface area (Å²) in [5.74, 6) is 0.842. The molecule has 3 aromatic rings. The quantitative estimate of drug-likeness (QED) is 0.373. The molecule has 0 unspecified atom stereocenters. The molecule has 0 saturated carbocycles. The van der Waals surface area contributed by atoms with E-state index in [0.717, 1.165) is 80.7 Å². The monoisotopic (exact) mass is 566 g/mol. The summed E-state index contributed by atoms with van der Waals surface area (Å²) < 4.78 is 6.88. The minimum absolute atomic E-state index is 0. The van der Waals surface area contributed by atoms with Gasteiger partial charge in [-0.1, -0.05) is 58.7 Å². The van der Waals surface area contributed by atoms with E-state index in [4.69, 9.17) is 14.7 Å². The molecule has 37 heavy (non-hydrogen) atoms. The third kappa shape index (κ3) is 8.36. The lowest BCUT2D eigenvalue weighted by Crippen LogP contribution is -3.00. The lowest BCUT2D eigenvalue weighted by molar-refractivity contribution is -0.947. The first kappa shape index (κ1) is 29.3. The number of aromatic nitrogens is 2. The standard InChI is InChI=1S/C31H43N4O.BrH/c1-23-14-24(2)17-29(16-23)21-34(31-32-27(5)20-28(6)33-31)8-7-9-35(10-12-36-13-11-35)22-30-18-25(3)15-26(4)19-30;/h14-20H,7-13,21-22H2,1-6H3;1H/q+1;/p-1. The van der Waals surface area contributed by atoms with Gasteiger partial charge in [0.2, 0.25) is 5.95 Å². The van der Waals surface area contributed by atoms with Crippen molar-refractivity contribution in [1.82, 2.24) is 9.97 Å². The minimum Gasteiger partial charge on any atom is -1.00 e. The highest BCUT2D eigenvalue weighted by Gasteiger charge is 2.31. The molecular formula is C31H43BrN4O. The molecule has 0 radical (unpaired) electrons. The summed E-state index contributed by atoms with van der Waals surface area (Å²) in [6.07, 6.45) is 1.09. The summed E-state index contributed by atoms with van der Waals surface area (Å²) in [4.78, 5) is 12.0. The van der Waals surface area contributed by atoms with Crippen LogP contribution in [0, 0.1) is 41.5 Å². The number of rotatable bonds is 9. The third-order valence-electron chi connectivity index (χ3n) is 7.19. The van der Waals surface area contributed by atoms with Crippen LogP contribution in [-0.4, -0.2) is 53.8 Å². The van der Waals surface area contributed by atoms with E-state index in [2.05, 4.69) is 88.9 Å². The smallest absolute Gasteiger partial charge is 0.226 e. The van der Waals surface area contributed by atoms with E-state index < -0.39 is 0 Å². The number of hydrogen-bond acceptors (Lipinski definition) is 4. The van der Waals surface area contributed by atoms with Crippen LogP contribution in [0.1, 0.15) is 51.2 Å². The number of ether oxygens (including phenoxy) is 1. The van der Waals surface area contributed by atoms with Gasteiger partial charge < -0.3 is 31.1 Å². The maximum Gasteiger partial charge on any atom is 0.226 e. The summed E-state index contributed by atoms with van der Waals surface area (Å²) >= 11 is 0. The molecule has 5 nitrogen and oxygen atoms in total. The molecule has 1 aromatic heterocycles. The molecule has 6 heteroatoms. The number of anilines is 1. The van der Waals surface area contributed by atoms with Gasteiger partial charge in [-0.25, -0.2) is 9.97 Å². The highest BCUT2D eigenvalue weighted by atomic mass is 79.9. The zero-order valence-electron chi connectivity index (χ0n) is 23.5. The van der Waals surface area contributed by atoms with E-state index in [1.807, 2.05) is 0 Å². The van der Waals surface area contributed by atoms with Gasteiger partial charge >= 0.3 is 0 Å². The number of morpholine rings is 1. The SMILES string of the molecule is Cc1cc(C)cc(CN(CCC[N+]2(Cc3cc(C)cc(C)c3)CCOCC2)c2nc(C)cc(C)n2)c1.[Br-]. The molecule has 200 valence electrons. The lowest BCUT2D eigenvalue weighted by Gasteiger charge is -2.42. The number of aryl methyl sites for hydroxylation is 6. The number of halogens is 1. The van der Waals surface area contributed by atoms with Crippen LogP contribution in [0.25, 0.3) is 0 Å². The van der Waals surface area contributed by atoms with Crippen LogP contribution in [0.4, 0.5) is 5.95 Å². The van der Waals surface area contributed by atoms with Crippen LogP contribution in [-0.2, 0) is 17.8 Å². The summed E-state index contributed by atoms with van der Waals surface area (Å²) in [6, 6.07) is 15.9. The molecule has 1 aliphatic rings. The highest BCUT2D eigenvalue weighted by Crippen LogP contribution is 2.22. The van der Waals surface area contributed by atoms with Crippen molar-refractivity contribution in [3.05, 3.63) is 87.2 Å². The first-order chi connectivity index (χ1) is 17.2. The Morgan fingerprint density at radius 2 is 1.24 bits per heavy atom. The third-order valence-corrected chi connectivity index (χ3v) is 7.19. The Kier molecular flexibility index (Phi) is 10.3. The summed E-state index contributed by atoms with van der Waals surface area (Å²) in [5, 5.41) is 0. The average Bonchev–Trinajstić information content (AvgIpc) is 2.77. The molecule has 0 N–H and O–H groups in total. The summed E-state index contributed by atoms with van der Waals surface area (Å²) in [6.45, 7) is 20.7. The second kappa shape index (κ2) is 13.0. The van der Waals surface area contributed by atoms with E-state index in [0.29, 0.717) is 0 Å². The molecule has 1 saturated heterocycles. The molecule has 0 aliphatic carbocycles. The minimum atomic E-state index is 0. The number of hydrogen-bond donors (Lipinski definition) is 0. The van der Waals surface area contributed by atoms with Crippen molar-refractivity contribution in [3.63, 3.8) is 0 Å². The van der Waals surface area contributed by atoms with Gasteiger partial charge in [-0.15, -0.1) is 0 Å². The van der Waals surface area contributed by atoms with Crippen LogP contribution in [0.2, 0.25) is 0 Å². The maximum absolute atomic E-state index is 5.79. The fourth-order valence-electron chi connectivity index (χ4n) is 5.81. The molecule has 0 atom stereocenters. The summed E-state index contributed by atoms with van der Waals surface area (Å²) in [7, 11) is 0. The van der Waals surface area contributed by atoms with Crippen LogP contribution < -0.4 is 21.9 Å². The predicted octanol–water partition coefficient (Wildman–Crippen LogP) is 2.78. The van der Waals surface area contributed by atoms with E-state index >= 15 is 0 Å². The number of quaternary nitrogens is 1. The zero-order valence-corrected chi connectivity index (χ0v) is 25.1. The van der Waals surface area contributed by atoms with E-state index in [1.54, 1.807) is 0 Å². The van der Waals surface area contributed by atoms with Gasteiger partial charge in [-0.05, 0) is 53.2 Å². The Morgan fingerprint density at radius 1 is 0.730 bits per heavy atom. The van der Waals surface area contributed by atoms with Crippen molar-refractivity contribution in [2.24, 2.45) is 0 Å². The fourth-order valence-corrected chi connectivity index (χ4v) is 5.81. The second-order valence-corrected chi connectivity index (χ2v) is 11.0. The fraction of sp³-hybridized carbons (Fsp3) is 0.484. The van der Waals surface area contributed by atoms with Gasteiger partial charge in [0.05, 0.1) is 19.8 Å². The van der Waals surface area contributed by atoms with Crippen LogP contribution in [0.5, 0.6) is 0 Å². The highest BCUT2D eigenvalue weighted by molar-refractivity contribution is 5.36. The Balaban J connectivity index is 0.00000380. The molecule has 0 spiro atoms. The molecule has 1 fully saturated rings. The molecule has 2 heterocycles. The Hall–Kier alpha value is -2.28. The van der Waals surface area contributed by atoms with Crippen LogP contribution in [0.15, 0.2) is 42.5 Å². The van der Waals surface area contributed by atoms with E-state index in [9.17, 15) is 0 Å². The predicted molar refractivity (Wildman–Crippen MR) is 148 cm³/mol. The van der Waals surface area contributed by atoms with Gasteiger partial charge in [-0.2, -0.15) is 0 Å². The van der Waals surface area contributed by atoms with Crippen molar-refractivity contribution in [2.75, 3.05) is 44.3 Å². The molecule has 2 aromatic carbocycles. The molecule has 0 bridgehead atoms. The Morgan fingerprint density at radius 3 is 1.78 bits per heavy atom. The molecule has 4 rings (SSSR count). The van der Waals surface area contributed by atoms with E-state index in [-0.39, 0.29) is 17.0 Å². The van der Waals surface area contributed by atoms with Crippen molar-refractivity contribution < 1.29 is 26.2 Å². The van der Waals surface area contributed by atoms with Crippen molar-refractivity contribution in [3.8, 4) is 0 Å². The van der Waals surface area contributed by atoms with Crippen molar-refractivity contribution in [1.29, 1.82) is 0 Å². The zero-order chi connectivity index (χ0) is 25.7. The Bertz CT molecular complexity index is 1130. The Labute approximate surface area is 234 Å². The number of nitrogens with zero attached hydrogens (tertiary/aromatic N) is 4. The molecule has 1 aliphatic heterocycles. The van der Waals surface area contributed by atoms with Crippen molar-refractivity contribution in [2.45, 2.75) is 61.1 Å². The van der Waals surface area contributed by atoms with Gasteiger partial charge in [0.1, 0.15) is 19.6 Å². The maximum atomic E-state index is 5.79. The van der Waals surface area contributed by atoms with Gasteiger partial charge in [-0.3, -0.25) is 0 Å². The van der Waals surface area contributed by atoms with Crippen LogP contribution >= 0.6 is 0 Å². The lowest BCUT2D eigenvalue weighted by atomic mass is 10.1. The molecular weight excluding hydrogens is 524 g/mol. The van der Waals surface area contributed by atoms with Crippen molar-refractivity contribution >= 4 is 5.95 Å². The largest absolute Gasteiger partial charge is 1.00 e. The average molecular weight is 568 g/mol. The normalized spacial score (nSPS) is 14.8.